The molecule has 0 saturated carbocycles. The minimum atomic E-state index is 0.911. The van der Waals surface area contributed by atoms with Crippen molar-refractivity contribution in [3.8, 4) is 0 Å². The molecule has 2 nitrogen and oxygen atoms in total. The van der Waals surface area contributed by atoms with Gasteiger partial charge in [-0.1, -0.05) is 19.1 Å². The molecule has 2 N–H and O–H groups in total. The van der Waals surface area contributed by atoms with Crippen LogP contribution >= 0.6 is 11.3 Å². The molecule has 3 aromatic rings. The Labute approximate surface area is 117 Å². The third kappa shape index (κ3) is 2.72. The first-order valence-corrected chi connectivity index (χ1v) is 7.52. The zero-order valence-electron chi connectivity index (χ0n) is 11.1. The molecule has 0 atom stereocenters. The fraction of sp³-hybridized carbons (Fsp3) is 0.250. The summed E-state index contributed by atoms with van der Waals surface area (Å²) in [6.45, 7) is 4.07. The lowest BCUT2D eigenvalue weighted by molar-refractivity contribution is 0.704. The summed E-state index contributed by atoms with van der Waals surface area (Å²) in [7, 11) is 0. The van der Waals surface area contributed by atoms with Crippen LogP contribution in [0.25, 0.3) is 10.9 Å². The van der Waals surface area contributed by atoms with Crippen molar-refractivity contribution >= 4 is 22.2 Å². The lowest BCUT2D eigenvalue weighted by atomic mass is 10.1. The van der Waals surface area contributed by atoms with Crippen molar-refractivity contribution in [1.29, 1.82) is 0 Å². The Morgan fingerprint density at radius 1 is 1.05 bits per heavy atom. The van der Waals surface area contributed by atoms with Gasteiger partial charge in [0.05, 0.1) is 0 Å². The summed E-state index contributed by atoms with van der Waals surface area (Å²) in [5.74, 6) is 0. The van der Waals surface area contributed by atoms with Gasteiger partial charge in [-0.2, -0.15) is 0 Å². The summed E-state index contributed by atoms with van der Waals surface area (Å²) in [6.07, 6.45) is 3.13. The van der Waals surface area contributed by atoms with Gasteiger partial charge in [-0.25, -0.2) is 0 Å². The van der Waals surface area contributed by atoms with Gasteiger partial charge in [0.2, 0.25) is 0 Å². The van der Waals surface area contributed by atoms with Gasteiger partial charge in [0.25, 0.3) is 0 Å². The Balaban J connectivity index is 1.64. The Morgan fingerprint density at radius 3 is 2.79 bits per heavy atom. The van der Waals surface area contributed by atoms with Crippen LogP contribution in [0.5, 0.6) is 0 Å². The Morgan fingerprint density at radius 2 is 1.95 bits per heavy atom. The first-order valence-electron chi connectivity index (χ1n) is 6.70. The number of nitrogens with one attached hydrogen (secondary N) is 2. The molecule has 0 aliphatic carbocycles. The van der Waals surface area contributed by atoms with Gasteiger partial charge in [0.1, 0.15) is 0 Å². The SMILES string of the molecule is CCc1ccc(CNCc2cccc3[nH]ccc23)s1. The van der Waals surface area contributed by atoms with Gasteiger partial charge < -0.3 is 10.3 Å². The molecular formula is C16H18N2S. The zero-order chi connectivity index (χ0) is 13.1. The topological polar surface area (TPSA) is 27.8 Å². The van der Waals surface area contributed by atoms with E-state index in [0.29, 0.717) is 0 Å². The molecule has 0 bridgehead atoms. The number of thiophene rings is 1. The third-order valence-electron chi connectivity index (χ3n) is 3.37. The van der Waals surface area contributed by atoms with E-state index in [0.717, 1.165) is 19.5 Å². The molecule has 0 aliphatic rings. The number of aryl methyl sites for hydroxylation is 1. The van der Waals surface area contributed by atoms with Crippen molar-refractivity contribution in [2.75, 3.05) is 0 Å². The molecule has 0 aliphatic heterocycles. The molecule has 0 unspecified atom stereocenters. The fourth-order valence-electron chi connectivity index (χ4n) is 2.33. The fourth-order valence-corrected chi connectivity index (χ4v) is 3.26. The van der Waals surface area contributed by atoms with Gasteiger partial charge in [-0.3, -0.25) is 0 Å². The third-order valence-corrected chi connectivity index (χ3v) is 4.60. The maximum Gasteiger partial charge on any atom is 0.0457 e. The highest BCUT2D eigenvalue weighted by atomic mass is 32.1. The maximum atomic E-state index is 3.53. The van der Waals surface area contributed by atoms with Crippen LogP contribution < -0.4 is 5.32 Å². The summed E-state index contributed by atoms with van der Waals surface area (Å²) < 4.78 is 0. The van der Waals surface area contributed by atoms with E-state index in [4.69, 9.17) is 0 Å². The number of fused-ring (bicyclic) bond motifs is 1. The minimum absolute atomic E-state index is 0.911. The molecular weight excluding hydrogens is 252 g/mol. The second-order valence-corrected chi connectivity index (χ2v) is 5.93. The molecule has 0 radical (unpaired) electrons. The maximum absolute atomic E-state index is 3.53. The highest BCUT2D eigenvalue weighted by Crippen LogP contribution is 2.19. The van der Waals surface area contributed by atoms with E-state index in [1.165, 1.54) is 26.2 Å². The van der Waals surface area contributed by atoms with Crippen molar-refractivity contribution in [3.05, 3.63) is 57.9 Å². The predicted octanol–water partition coefficient (Wildman–Crippen LogP) is 4.08. The van der Waals surface area contributed by atoms with E-state index >= 15 is 0 Å². The Hall–Kier alpha value is -1.58. The van der Waals surface area contributed by atoms with E-state index in [1.807, 2.05) is 17.5 Å². The first-order chi connectivity index (χ1) is 9.36. The number of H-pyrrole nitrogens is 1. The lowest BCUT2D eigenvalue weighted by Crippen LogP contribution is -2.11. The van der Waals surface area contributed by atoms with E-state index in [1.54, 1.807) is 0 Å². The summed E-state index contributed by atoms with van der Waals surface area (Å²) in [6, 6.07) is 13.0. The summed E-state index contributed by atoms with van der Waals surface area (Å²) in [5.41, 5.74) is 2.56. The first kappa shape index (κ1) is 12.5. The van der Waals surface area contributed by atoms with Crippen molar-refractivity contribution in [3.63, 3.8) is 0 Å². The molecule has 1 aromatic carbocycles. The number of hydrogen-bond donors (Lipinski definition) is 2. The Kier molecular flexibility index (Phi) is 3.67. The smallest absolute Gasteiger partial charge is 0.0457 e. The molecule has 0 fully saturated rings. The van der Waals surface area contributed by atoms with Gasteiger partial charge in [-0.15, -0.1) is 11.3 Å². The second-order valence-electron chi connectivity index (χ2n) is 4.68. The molecule has 0 amide bonds. The molecule has 2 aromatic heterocycles. The molecule has 19 heavy (non-hydrogen) atoms. The lowest BCUT2D eigenvalue weighted by Gasteiger charge is -2.05. The number of aromatic amines is 1. The molecule has 3 heteroatoms. The molecule has 3 rings (SSSR count). The quantitative estimate of drug-likeness (QED) is 0.718. The van der Waals surface area contributed by atoms with Crippen LogP contribution in [0.15, 0.2) is 42.6 Å². The van der Waals surface area contributed by atoms with Gasteiger partial charge >= 0.3 is 0 Å². The number of aromatic nitrogens is 1. The molecule has 98 valence electrons. The van der Waals surface area contributed by atoms with E-state index in [9.17, 15) is 0 Å². The van der Waals surface area contributed by atoms with Crippen LogP contribution in [-0.2, 0) is 19.5 Å². The standard InChI is InChI=1S/C16H18N2S/c1-2-13-6-7-14(19-13)11-17-10-12-4-3-5-16-15(12)8-9-18-16/h3-9,17-18H,2,10-11H2,1H3. The van der Waals surface area contributed by atoms with Gasteiger partial charge in [0.15, 0.2) is 0 Å². The van der Waals surface area contributed by atoms with Gasteiger partial charge in [-0.05, 0) is 36.2 Å². The predicted molar refractivity (Wildman–Crippen MR) is 82.5 cm³/mol. The van der Waals surface area contributed by atoms with Crippen LogP contribution in [0.1, 0.15) is 22.2 Å². The normalized spacial score (nSPS) is 11.2. The highest BCUT2D eigenvalue weighted by Gasteiger charge is 2.02. The van der Waals surface area contributed by atoms with Crippen LogP contribution in [-0.4, -0.2) is 4.98 Å². The van der Waals surface area contributed by atoms with Crippen LogP contribution in [0.3, 0.4) is 0 Å². The van der Waals surface area contributed by atoms with Crippen molar-refractivity contribution in [2.45, 2.75) is 26.4 Å². The van der Waals surface area contributed by atoms with Crippen LogP contribution in [0.4, 0.5) is 0 Å². The monoisotopic (exact) mass is 270 g/mol. The zero-order valence-corrected chi connectivity index (χ0v) is 11.9. The van der Waals surface area contributed by atoms with E-state index in [2.05, 4.69) is 53.6 Å². The second kappa shape index (κ2) is 5.59. The summed E-state index contributed by atoms with van der Waals surface area (Å²) in [4.78, 5) is 6.13. The van der Waals surface area contributed by atoms with E-state index < -0.39 is 0 Å². The molecule has 2 heterocycles. The minimum Gasteiger partial charge on any atom is -0.361 e. The van der Waals surface area contributed by atoms with Crippen LogP contribution in [0, 0.1) is 0 Å². The number of hydrogen-bond acceptors (Lipinski definition) is 2. The van der Waals surface area contributed by atoms with Crippen molar-refractivity contribution in [2.24, 2.45) is 0 Å². The highest BCUT2D eigenvalue weighted by molar-refractivity contribution is 7.11. The van der Waals surface area contributed by atoms with E-state index in [-0.39, 0.29) is 0 Å². The average Bonchev–Trinajstić information content (AvgIpc) is 3.07. The van der Waals surface area contributed by atoms with Crippen molar-refractivity contribution < 1.29 is 0 Å². The van der Waals surface area contributed by atoms with Crippen LogP contribution in [0.2, 0.25) is 0 Å². The number of rotatable bonds is 5. The summed E-state index contributed by atoms with van der Waals surface area (Å²) >= 11 is 1.90. The summed E-state index contributed by atoms with van der Waals surface area (Å²) in [5, 5.41) is 4.85. The number of benzene rings is 1. The average molecular weight is 270 g/mol. The molecule has 0 saturated heterocycles. The van der Waals surface area contributed by atoms with Gasteiger partial charge in [0, 0.05) is 39.9 Å². The van der Waals surface area contributed by atoms with Crippen molar-refractivity contribution in [1.82, 2.24) is 10.3 Å². The largest absolute Gasteiger partial charge is 0.361 e. The Bertz CT molecular complexity index is 666. The molecule has 0 spiro atoms.